The number of carbonyl (C=O) groups is 7. The summed E-state index contributed by atoms with van der Waals surface area (Å²) >= 11 is 3.11. The minimum Gasteiger partial charge on any atom is -0.393 e. The number of aromatic nitrogens is 1. The van der Waals surface area contributed by atoms with Crippen molar-refractivity contribution >= 4 is 62.7 Å². The van der Waals surface area contributed by atoms with Crippen LogP contribution >= 0.6 is 15.9 Å². The van der Waals surface area contributed by atoms with Crippen LogP contribution in [-0.2, 0) is 118 Å². The van der Waals surface area contributed by atoms with E-state index < -0.39 is 95.7 Å². The average Bonchev–Trinajstić information content (AvgIpc) is 1.53. The number of aliphatic hydroxyl groups is 3. The van der Waals surface area contributed by atoms with Crippen LogP contribution in [-0.4, -0.2) is 288 Å². The van der Waals surface area contributed by atoms with Gasteiger partial charge in [0.1, 0.15) is 24.7 Å². The minimum absolute atomic E-state index is 0.0137. The predicted octanol–water partition coefficient (Wildman–Crippen LogP) is 2.98. The maximum absolute atomic E-state index is 14.1. The number of benzene rings is 1. The van der Waals surface area contributed by atoms with Gasteiger partial charge in [-0.15, -0.1) is 0 Å². The lowest BCUT2D eigenvalue weighted by atomic mass is 9.46. The molecule has 8 N–H and O–H groups in total. The van der Waals surface area contributed by atoms with Crippen molar-refractivity contribution in [1.29, 1.82) is 0 Å². The zero-order valence-electron chi connectivity index (χ0n) is 63.4. The molecule has 4 fully saturated rings. The molecular formula is C76H117BrN6O25. The zero-order chi connectivity index (χ0) is 77.6. The number of nitrogens with one attached hydrogen (secondary N) is 5. The third kappa shape index (κ3) is 27.4. The highest BCUT2D eigenvalue weighted by Crippen LogP contribution is 2.70. The van der Waals surface area contributed by atoms with Crippen molar-refractivity contribution < 1.29 is 120 Å². The largest absolute Gasteiger partial charge is 0.393 e. The highest BCUT2D eigenvalue weighted by atomic mass is 79.9. The molecule has 1 aromatic heterocycles. The molecule has 0 spiro atoms. The molecule has 4 aliphatic carbocycles. The molecule has 108 heavy (non-hydrogen) atoms. The van der Waals surface area contributed by atoms with Crippen LogP contribution in [0.15, 0.2) is 60.5 Å². The minimum atomic E-state index is -1.52. The Balaban J connectivity index is 0.676. The maximum atomic E-state index is 14.1. The quantitative estimate of drug-likeness (QED) is 0.0348. The molecule has 1 saturated heterocycles. The van der Waals surface area contributed by atoms with E-state index in [-0.39, 0.29) is 60.6 Å². The van der Waals surface area contributed by atoms with Gasteiger partial charge in [0, 0.05) is 72.6 Å². The van der Waals surface area contributed by atoms with E-state index in [1.54, 1.807) is 37.5 Å². The lowest BCUT2D eigenvalue weighted by Gasteiger charge is -2.59. The smallest absolute Gasteiger partial charge is 0.246 e. The van der Waals surface area contributed by atoms with Gasteiger partial charge in [-0.3, -0.25) is 33.6 Å². The number of carbonyl (C=O) groups excluding carboxylic acids is 7. The van der Waals surface area contributed by atoms with Crippen LogP contribution in [0.4, 0.5) is 5.69 Å². The van der Waals surface area contributed by atoms with Crippen molar-refractivity contribution in [3.05, 3.63) is 77.2 Å². The number of halogens is 1. The number of anilines is 1. The molecule has 1 aromatic carbocycles. The lowest BCUT2D eigenvalue weighted by Crippen LogP contribution is -2.63. The first-order valence-corrected chi connectivity index (χ1v) is 38.9. The molecular weight excluding hydrogens is 1480 g/mol. The fourth-order valence-electron chi connectivity index (χ4n) is 14.9. The molecule has 0 bridgehead atoms. The molecule has 7 rings (SSSR count). The number of ketones is 2. The molecule has 2 aromatic rings. The number of hydrogen-bond acceptors (Lipinski definition) is 25. The van der Waals surface area contributed by atoms with Crippen LogP contribution in [0.5, 0.6) is 0 Å². The van der Waals surface area contributed by atoms with E-state index in [4.69, 9.17) is 71.1 Å². The number of nitrogens with zero attached hydrogens (tertiary/aromatic N) is 1. The Bertz CT molecular complexity index is 3140. The first kappa shape index (κ1) is 89.6. The number of Topliss-reactive ketones (excluding diaryl/α,β-unsaturated/α-hetero) is 1. The van der Waals surface area contributed by atoms with Crippen LogP contribution in [0.2, 0.25) is 0 Å². The zero-order valence-corrected chi connectivity index (χ0v) is 65.0. The highest BCUT2D eigenvalue weighted by molar-refractivity contribution is 9.09. The highest BCUT2D eigenvalue weighted by Gasteiger charge is 2.76. The van der Waals surface area contributed by atoms with Crippen molar-refractivity contribution in [2.45, 2.75) is 134 Å². The van der Waals surface area contributed by atoms with E-state index >= 15 is 0 Å². The van der Waals surface area contributed by atoms with E-state index in [9.17, 15) is 48.9 Å². The number of amides is 5. The van der Waals surface area contributed by atoms with Gasteiger partial charge >= 0.3 is 0 Å². The van der Waals surface area contributed by atoms with Crippen molar-refractivity contribution in [2.75, 3.05) is 196 Å². The Morgan fingerprint density at radius 1 is 0.667 bits per heavy atom. The molecule has 31 nitrogen and oxygen atoms in total. The Labute approximate surface area is 641 Å². The number of ether oxygens (including phenoxy) is 15. The third-order valence-electron chi connectivity index (χ3n) is 20.3. The van der Waals surface area contributed by atoms with Crippen molar-refractivity contribution in [3.63, 3.8) is 0 Å². The van der Waals surface area contributed by atoms with Crippen LogP contribution in [0.1, 0.15) is 102 Å². The fraction of sp³-hybridized carbons (Fsp3) is 0.724. The normalized spacial score (nSPS) is 23.5. The van der Waals surface area contributed by atoms with E-state index in [0.717, 1.165) is 17.6 Å². The Hall–Kier alpha value is -5.57. The van der Waals surface area contributed by atoms with E-state index in [2.05, 4.69) is 49.4 Å². The van der Waals surface area contributed by atoms with Gasteiger partial charge in [0.2, 0.25) is 29.5 Å². The first-order chi connectivity index (χ1) is 52.3. The maximum Gasteiger partial charge on any atom is 0.246 e. The standard InChI is InChI=1S/C76H117BrN6O25/c1-53(80-72(93)62(81-68(90)48-77)8-6-7-17-78-67(89)15-19-95-22-23-97-26-27-99-30-31-101-34-35-103-38-39-105-42-43-106-41-40-104-37-36-102-33-32-100-29-28-98-25-24-96-21-20-94-5)70(91)79-54(2)71(92)82-63-44-55(9-10-57(63)51-84)49-83-18-14-56(50-83)73-107-66-46-61-60-12-11-58-45-59(86)13-16-74(58,3)69(60)64(87)47-75(61,4)76(66,108-73)65(88)52-85/h9-10,13-14,16,18,44-45,50,53-54,60-62,64,66,69,73,84-85,87H,6-8,11-12,15,17,19-43,46-49,51-52H2,1-5H3,(H,78,89)(H,79,91)(H,80,93)(H,81,90)(H,82,92)/t53-,54-,60-,61-,62-,64-,66+,69+,73+,74-,75-,76+/m0/s1. The van der Waals surface area contributed by atoms with Gasteiger partial charge in [-0.05, 0) is 100 Å². The number of hydrogen-bond donors (Lipinski definition) is 8. The topological polar surface area (TPSA) is 384 Å². The van der Waals surface area contributed by atoms with Crippen LogP contribution in [0.3, 0.4) is 0 Å². The van der Waals surface area contributed by atoms with Gasteiger partial charge in [0.05, 0.1) is 189 Å². The SMILES string of the molecule is COCCOCCOCCOCCOCCOCCOCCOCCOCCOCCOCCOCCOCCC(=O)NCCCC[C@H](NC(=O)CBr)C(=O)N[C@@H](C)C(=O)N[C@@H](C)C(=O)Nc1cc(Cn2ccc([C@@H]3O[C@@H]4C[C@H]5[C@@H]6CCC7=CC(=O)C=C[C@]7(C)[C@H]6[C@@H](O)C[C@]5(C)[C@]4(C(=O)CO)O3)c2)ccc1CO. The van der Waals surface area contributed by atoms with E-state index in [0.29, 0.717) is 214 Å². The van der Waals surface area contributed by atoms with Gasteiger partial charge in [0.15, 0.2) is 23.5 Å². The summed E-state index contributed by atoms with van der Waals surface area (Å²) < 4.78 is 86.2. The van der Waals surface area contributed by atoms with Gasteiger partial charge in [-0.25, -0.2) is 0 Å². The Morgan fingerprint density at radius 3 is 1.72 bits per heavy atom. The molecule has 12 atom stereocenters. The fourth-order valence-corrected chi connectivity index (χ4v) is 15.0. The van der Waals surface area contributed by atoms with E-state index in [1.807, 2.05) is 36.0 Å². The molecule has 1 aliphatic heterocycles. The second-order valence-electron chi connectivity index (χ2n) is 27.7. The predicted molar refractivity (Wildman–Crippen MR) is 396 cm³/mol. The summed E-state index contributed by atoms with van der Waals surface area (Å²) in [6.07, 6.45) is 9.90. The number of aliphatic hydroxyl groups excluding tert-OH is 3. The summed E-state index contributed by atoms with van der Waals surface area (Å²) in [5, 5.41) is 46.3. The van der Waals surface area contributed by atoms with Gasteiger partial charge in [-0.2, -0.15) is 0 Å². The molecule has 5 amide bonds. The molecule has 2 heterocycles. The summed E-state index contributed by atoms with van der Waals surface area (Å²) in [5.74, 6) is -3.30. The Morgan fingerprint density at radius 2 is 1.19 bits per heavy atom. The molecule has 0 radical (unpaired) electrons. The first-order valence-electron chi connectivity index (χ1n) is 37.8. The summed E-state index contributed by atoms with van der Waals surface area (Å²) in [4.78, 5) is 92.0. The summed E-state index contributed by atoms with van der Waals surface area (Å²) in [6, 6.07) is 3.80. The van der Waals surface area contributed by atoms with Crippen LogP contribution < -0.4 is 26.6 Å². The monoisotopic (exact) mass is 1590 g/mol. The second-order valence-corrected chi connectivity index (χ2v) is 28.3. The van der Waals surface area contributed by atoms with Crippen LogP contribution in [0.25, 0.3) is 0 Å². The van der Waals surface area contributed by atoms with Gasteiger partial charge in [-0.1, -0.05) is 53.6 Å². The third-order valence-corrected chi connectivity index (χ3v) is 20.8. The van der Waals surface area contributed by atoms with Gasteiger partial charge in [0.25, 0.3) is 0 Å². The van der Waals surface area contributed by atoms with Crippen LogP contribution in [0, 0.1) is 28.6 Å². The summed E-state index contributed by atoms with van der Waals surface area (Å²) in [7, 11) is 1.63. The van der Waals surface area contributed by atoms with Crippen molar-refractivity contribution in [3.8, 4) is 0 Å². The Kier molecular flexibility index (Phi) is 40.1. The lowest BCUT2D eigenvalue weighted by molar-refractivity contribution is -0.201. The molecule has 3 saturated carbocycles. The second kappa shape index (κ2) is 48.4. The average molecular weight is 1590 g/mol. The van der Waals surface area contributed by atoms with Crippen molar-refractivity contribution in [1.82, 2.24) is 25.8 Å². The van der Waals surface area contributed by atoms with Crippen molar-refractivity contribution in [2.24, 2.45) is 28.6 Å². The summed E-state index contributed by atoms with van der Waals surface area (Å²) in [6.45, 7) is 17.6. The molecule has 5 aliphatic rings. The molecule has 32 heteroatoms. The molecule has 608 valence electrons. The number of unbranched alkanes of at least 4 members (excludes halogenated alkanes) is 1. The number of alkyl halides is 1. The number of methoxy groups -OCH3 is 1. The number of rotatable bonds is 58. The number of fused-ring (bicyclic) bond motifs is 7. The van der Waals surface area contributed by atoms with E-state index in [1.165, 1.54) is 13.8 Å². The number of allylic oxidation sites excluding steroid dienone is 4. The molecule has 0 unspecified atom stereocenters. The summed E-state index contributed by atoms with van der Waals surface area (Å²) in [5.41, 5.74) is 0.226. The van der Waals surface area contributed by atoms with Gasteiger partial charge < -0.3 is 118 Å².